The number of pyridine rings is 1. The van der Waals surface area contributed by atoms with Gasteiger partial charge in [-0.25, -0.2) is 4.79 Å². The summed E-state index contributed by atoms with van der Waals surface area (Å²) in [7, 11) is 1.54. The van der Waals surface area contributed by atoms with E-state index in [0.717, 1.165) is 27.7 Å². The number of benzene rings is 2. The maximum atomic E-state index is 13.2. The molecule has 1 heterocycles. The predicted molar refractivity (Wildman–Crippen MR) is 127 cm³/mol. The number of aromatic nitrogens is 1. The minimum atomic E-state index is -0.711. The molecule has 0 unspecified atom stereocenters. The second-order valence-corrected chi connectivity index (χ2v) is 8.50. The number of nitrogens with zero attached hydrogens (tertiary/aromatic N) is 3. The van der Waals surface area contributed by atoms with E-state index in [4.69, 9.17) is 9.47 Å². The van der Waals surface area contributed by atoms with E-state index in [1.165, 1.54) is 4.90 Å². The monoisotopic (exact) mass is 429 g/mol. The number of ether oxygens (including phenoxy) is 2. The molecule has 6 nitrogen and oxygen atoms in total. The van der Waals surface area contributed by atoms with Crippen molar-refractivity contribution in [3.63, 3.8) is 0 Å². The molecule has 0 spiro atoms. The van der Waals surface area contributed by atoms with Crippen molar-refractivity contribution in [2.75, 3.05) is 18.6 Å². The van der Waals surface area contributed by atoms with Crippen LogP contribution in [0.15, 0.2) is 60.7 Å². The fourth-order valence-corrected chi connectivity index (χ4v) is 3.37. The summed E-state index contributed by atoms with van der Waals surface area (Å²) in [5.74, 6) is 0.489. The van der Waals surface area contributed by atoms with E-state index in [9.17, 15) is 10.1 Å². The SMILES string of the molecule is C=C(C#N)CN(C(=O)OC(C)(C)C)c1c(OC)ccc2ccc(-c3cccc(C)n3)cc12. The van der Waals surface area contributed by atoms with Gasteiger partial charge in [0.15, 0.2) is 0 Å². The zero-order valence-electron chi connectivity index (χ0n) is 19.1. The Bertz CT molecular complexity index is 1220. The van der Waals surface area contributed by atoms with E-state index in [1.54, 1.807) is 33.9 Å². The maximum Gasteiger partial charge on any atom is 0.415 e. The average molecular weight is 430 g/mol. The normalized spacial score (nSPS) is 11.0. The fourth-order valence-electron chi connectivity index (χ4n) is 3.37. The summed E-state index contributed by atoms with van der Waals surface area (Å²) in [5, 5.41) is 11.0. The highest BCUT2D eigenvalue weighted by Gasteiger charge is 2.28. The van der Waals surface area contributed by atoms with Gasteiger partial charge in [-0.05, 0) is 57.3 Å². The highest BCUT2D eigenvalue weighted by molar-refractivity contribution is 6.06. The zero-order valence-corrected chi connectivity index (χ0v) is 19.1. The Morgan fingerprint density at radius 1 is 1.19 bits per heavy atom. The first kappa shape index (κ1) is 22.8. The van der Waals surface area contributed by atoms with E-state index >= 15 is 0 Å². The van der Waals surface area contributed by atoms with Crippen LogP contribution in [0, 0.1) is 18.3 Å². The molecule has 164 valence electrons. The van der Waals surface area contributed by atoms with Crippen LogP contribution in [-0.4, -0.2) is 30.3 Å². The molecule has 1 aromatic heterocycles. The molecule has 1 amide bonds. The molecule has 0 radical (unpaired) electrons. The molecular weight excluding hydrogens is 402 g/mol. The van der Waals surface area contributed by atoms with Crippen molar-refractivity contribution in [2.24, 2.45) is 0 Å². The number of anilines is 1. The molecule has 0 aliphatic rings. The summed E-state index contributed by atoms with van der Waals surface area (Å²) in [4.78, 5) is 19.2. The van der Waals surface area contributed by atoms with Crippen LogP contribution in [0.4, 0.5) is 10.5 Å². The number of aryl methyl sites for hydroxylation is 1. The highest BCUT2D eigenvalue weighted by Crippen LogP contribution is 2.39. The van der Waals surface area contributed by atoms with Crippen LogP contribution in [0.2, 0.25) is 0 Å². The molecule has 0 atom stereocenters. The summed E-state index contributed by atoms with van der Waals surface area (Å²) in [6.45, 7) is 11.1. The molecule has 3 aromatic rings. The Morgan fingerprint density at radius 3 is 2.53 bits per heavy atom. The molecule has 0 bridgehead atoms. The molecule has 6 heteroatoms. The summed E-state index contributed by atoms with van der Waals surface area (Å²) in [6.07, 6.45) is -0.584. The van der Waals surface area contributed by atoms with Crippen molar-refractivity contribution in [1.29, 1.82) is 5.26 Å². The second kappa shape index (κ2) is 9.11. The van der Waals surface area contributed by atoms with Crippen LogP contribution < -0.4 is 9.64 Å². The molecule has 0 saturated carbocycles. The lowest BCUT2D eigenvalue weighted by atomic mass is 10.0. The molecule has 0 fully saturated rings. The van der Waals surface area contributed by atoms with Gasteiger partial charge in [-0.1, -0.05) is 30.8 Å². The predicted octanol–water partition coefficient (Wildman–Crippen LogP) is 6.04. The van der Waals surface area contributed by atoms with Crippen LogP contribution in [-0.2, 0) is 4.74 Å². The van der Waals surface area contributed by atoms with E-state index in [-0.39, 0.29) is 12.1 Å². The topological polar surface area (TPSA) is 75.5 Å². The van der Waals surface area contributed by atoms with E-state index in [0.29, 0.717) is 11.4 Å². The van der Waals surface area contributed by atoms with Crippen LogP contribution in [0.3, 0.4) is 0 Å². The lowest BCUT2D eigenvalue weighted by molar-refractivity contribution is 0.0583. The first-order valence-corrected chi connectivity index (χ1v) is 10.3. The van der Waals surface area contributed by atoms with Gasteiger partial charge in [0.2, 0.25) is 0 Å². The van der Waals surface area contributed by atoms with Gasteiger partial charge in [-0.3, -0.25) is 9.88 Å². The van der Waals surface area contributed by atoms with Gasteiger partial charge in [0.05, 0.1) is 31.1 Å². The molecular formula is C26H27N3O3. The fraction of sp³-hybridized carbons (Fsp3) is 0.269. The lowest BCUT2D eigenvalue weighted by Crippen LogP contribution is -2.38. The lowest BCUT2D eigenvalue weighted by Gasteiger charge is -2.29. The Balaban J connectivity index is 2.25. The van der Waals surface area contributed by atoms with E-state index in [2.05, 4.69) is 11.6 Å². The first-order valence-electron chi connectivity index (χ1n) is 10.3. The maximum absolute atomic E-state index is 13.2. The van der Waals surface area contributed by atoms with Gasteiger partial charge in [-0.15, -0.1) is 0 Å². The van der Waals surface area contributed by atoms with E-state index < -0.39 is 11.7 Å². The number of fused-ring (bicyclic) bond motifs is 1. The number of carbonyl (C=O) groups excluding carboxylic acids is 1. The number of hydrogen-bond donors (Lipinski definition) is 0. The third-order valence-electron chi connectivity index (χ3n) is 4.75. The number of rotatable bonds is 5. The molecule has 2 aromatic carbocycles. The van der Waals surface area contributed by atoms with Crippen molar-refractivity contribution < 1.29 is 14.3 Å². The molecule has 0 saturated heterocycles. The standard InChI is InChI=1S/C26H27N3O3/c1-17(15-27)16-29(25(30)32-26(3,4)5)24-21-14-20(22-9-7-8-18(2)28-22)11-10-19(21)12-13-23(24)31-6/h7-14H,1,16H2,2-6H3. The average Bonchev–Trinajstić information content (AvgIpc) is 2.75. The molecule has 0 aliphatic heterocycles. The Morgan fingerprint density at radius 2 is 1.91 bits per heavy atom. The summed E-state index contributed by atoms with van der Waals surface area (Å²) in [5.41, 5.74) is 2.67. The van der Waals surface area contributed by atoms with Crippen molar-refractivity contribution in [3.05, 3.63) is 66.4 Å². The molecule has 0 aliphatic carbocycles. The van der Waals surface area contributed by atoms with Gasteiger partial charge >= 0.3 is 6.09 Å². The molecule has 0 N–H and O–H groups in total. The Hall–Kier alpha value is -3.85. The zero-order chi connectivity index (χ0) is 23.5. The second-order valence-electron chi connectivity index (χ2n) is 8.50. The Labute approximate surface area is 188 Å². The van der Waals surface area contributed by atoms with E-state index in [1.807, 2.05) is 55.5 Å². The first-order chi connectivity index (χ1) is 15.1. The minimum Gasteiger partial charge on any atom is -0.495 e. The molecule has 3 rings (SSSR count). The largest absolute Gasteiger partial charge is 0.495 e. The third-order valence-corrected chi connectivity index (χ3v) is 4.75. The minimum absolute atomic E-state index is 0.0200. The number of methoxy groups -OCH3 is 1. The summed E-state index contributed by atoms with van der Waals surface area (Å²) in [6, 6.07) is 17.5. The van der Waals surface area contributed by atoms with Gasteiger partial charge < -0.3 is 9.47 Å². The number of amides is 1. The van der Waals surface area contributed by atoms with Gasteiger partial charge in [0.1, 0.15) is 11.4 Å². The molecule has 32 heavy (non-hydrogen) atoms. The van der Waals surface area contributed by atoms with Crippen molar-refractivity contribution in [1.82, 2.24) is 4.98 Å². The van der Waals surface area contributed by atoms with Crippen LogP contribution in [0.25, 0.3) is 22.0 Å². The van der Waals surface area contributed by atoms with Gasteiger partial charge in [-0.2, -0.15) is 5.26 Å². The van der Waals surface area contributed by atoms with Crippen molar-refractivity contribution >= 4 is 22.6 Å². The van der Waals surface area contributed by atoms with Gasteiger partial charge in [0, 0.05) is 22.2 Å². The summed E-state index contributed by atoms with van der Waals surface area (Å²) < 4.78 is 11.3. The smallest absolute Gasteiger partial charge is 0.415 e. The van der Waals surface area contributed by atoms with Crippen LogP contribution >= 0.6 is 0 Å². The third kappa shape index (κ3) is 5.06. The number of carbonyl (C=O) groups is 1. The van der Waals surface area contributed by atoms with Crippen LogP contribution in [0.5, 0.6) is 5.75 Å². The summed E-state index contributed by atoms with van der Waals surface area (Å²) >= 11 is 0. The van der Waals surface area contributed by atoms with Crippen molar-refractivity contribution in [2.45, 2.75) is 33.3 Å². The number of hydrogen-bond acceptors (Lipinski definition) is 5. The van der Waals surface area contributed by atoms with Gasteiger partial charge in [0.25, 0.3) is 0 Å². The van der Waals surface area contributed by atoms with Crippen LogP contribution in [0.1, 0.15) is 26.5 Å². The van der Waals surface area contributed by atoms with Crippen molar-refractivity contribution in [3.8, 4) is 23.1 Å². The quantitative estimate of drug-likeness (QED) is 0.462. The number of nitriles is 1. The Kier molecular flexibility index (Phi) is 6.50. The highest BCUT2D eigenvalue weighted by atomic mass is 16.6.